The maximum Gasteiger partial charge on any atom is 0.194 e. The van der Waals surface area contributed by atoms with Crippen LogP contribution in [0.15, 0.2) is 29.5 Å². The van der Waals surface area contributed by atoms with Gasteiger partial charge in [-0.3, -0.25) is 4.79 Å². The number of carbonyl (C=O) groups excluding carboxylic acids is 1. The monoisotopic (exact) mass is 344 g/mol. The molecule has 0 atom stereocenters. The summed E-state index contributed by atoms with van der Waals surface area (Å²) in [6, 6.07) is 1.95. The Balaban J connectivity index is 1.97. The van der Waals surface area contributed by atoms with Gasteiger partial charge in [0.25, 0.3) is 0 Å². The van der Waals surface area contributed by atoms with Gasteiger partial charge in [0.1, 0.15) is 9.71 Å². The molecule has 0 unspecified atom stereocenters. The van der Waals surface area contributed by atoms with E-state index in [0.717, 1.165) is 21.6 Å². The van der Waals surface area contributed by atoms with Crippen LogP contribution in [0.4, 0.5) is 11.4 Å². The summed E-state index contributed by atoms with van der Waals surface area (Å²) in [5.74, 6) is 0.0742. The standard InChI is InChI=1S/C16H20N6OS/c1-17-20-6-4-8-22-9-12(23)15-14(19-10-22)13-11(21(2)3)5-7-18-16(13)24-15/h4-7,10,17,20H,8-9H2,1-3H3/b6-4-. The van der Waals surface area contributed by atoms with E-state index in [1.165, 1.54) is 11.3 Å². The Labute approximate surface area is 144 Å². The lowest BCUT2D eigenvalue weighted by molar-refractivity contribution is 0.0974. The Bertz CT molecular complexity index is 810. The first-order valence-corrected chi connectivity index (χ1v) is 8.41. The van der Waals surface area contributed by atoms with E-state index in [9.17, 15) is 4.79 Å². The summed E-state index contributed by atoms with van der Waals surface area (Å²) in [4.78, 5) is 27.1. The zero-order valence-corrected chi connectivity index (χ0v) is 14.7. The molecule has 2 N–H and O–H groups in total. The molecule has 0 saturated carbocycles. The molecule has 1 aliphatic heterocycles. The minimum Gasteiger partial charge on any atom is -0.377 e. The average Bonchev–Trinajstić information content (AvgIpc) is 2.87. The fraction of sp³-hybridized carbons (Fsp3) is 0.312. The molecule has 1 aliphatic rings. The number of aromatic nitrogens is 1. The van der Waals surface area contributed by atoms with Crippen molar-refractivity contribution in [2.24, 2.45) is 4.99 Å². The number of ketones is 1. The maximum absolute atomic E-state index is 12.7. The van der Waals surface area contributed by atoms with E-state index in [2.05, 4.69) is 20.8 Å². The van der Waals surface area contributed by atoms with Crippen LogP contribution in [0.25, 0.3) is 10.2 Å². The first-order valence-electron chi connectivity index (χ1n) is 7.59. The molecule has 2 aromatic rings. The summed E-state index contributed by atoms with van der Waals surface area (Å²) in [6.45, 7) is 0.917. The number of fused-ring (bicyclic) bond motifs is 3. The van der Waals surface area contributed by atoms with E-state index >= 15 is 0 Å². The van der Waals surface area contributed by atoms with E-state index < -0.39 is 0 Å². The van der Waals surface area contributed by atoms with Gasteiger partial charge >= 0.3 is 0 Å². The molecule has 0 radical (unpaired) electrons. The van der Waals surface area contributed by atoms with Crippen LogP contribution in [0.5, 0.6) is 0 Å². The molecule has 3 heterocycles. The summed E-state index contributed by atoms with van der Waals surface area (Å²) in [7, 11) is 5.75. The van der Waals surface area contributed by atoms with E-state index in [1.54, 1.807) is 25.8 Å². The van der Waals surface area contributed by atoms with Crippen molar-refractivity contribution >= 4 is 45.0 Å². The minimum absolute atomic E-state index is 0.0742. The predicted octanol–water partition coefficient (Wildman–Crippen LogP) is 1.76. The number of nitrogens with zero attached hydrogens (tertiary/aromatic N) is 4. The van der Waals surface area contributed by atoms with Crippen molar-refractivity contribution in [3.05, 3.63) is 29.4 Å². The number of hydrogen-bond donors (Lipinski definition) is 2. The lowest BCUT2D eigenvalue weighted by Crippen LogP contribution is -2.28. The van der Waals surface area contributed by atoms with Crippen LogP contribution in [0.2, 0.25) is 0 Å². The Hall–Kier alpha value is -2.45. The predicted molar refractivity (Wildman–Crippen MR) is 99.3 cm³/mol. The Morgan fingerprint density at radius 1 is 1.46 bits per heavy atom. The van der Waals surface area contributed by atoms with Crippen LogP contribution in [-0.2, 0) is 0 Å². The number of aliphatic imine (C=N–C) groups is 1. The quantitative estimate of drug-likeness (QED) is 0.805. The van der Waals surface area contributed by atoms with Gasteiger partial charge in [-0.15, -0.1) is 11.3 Å². The molecule has 0 amide bonds. The number of carbonyl (C=O) groups is 1. The molecule has 0 aromatic carbocycles. The van der Waals surface area contributed by atoms with E-state index in [1.807, 2.05) is 36.0 Å². The molecular formula is C16H20N6OS. The first-order chi connectivity index (χ1) is 11.6. The molecule has 0 fully saturated rings. The summed E-state index contributed by atoms with van der Waals surface area (Å²) < 4.78 is 0. The first kappa shape index (κ1) is 16.4. The number of pyridine rings is 1. The van der Waals surface area contributed by atoms with Gasteiger partial charge in [0.2, 0.25) is 0 Å². The summed E-state index contributed by atoms with van der Waals surface area (Å²) in [5, 5.41) is 0.946. The number of hydrazine groups is 1. The van der Waals surface area contributed by atoms with Gasteiger partial charge in [0.05, 0.1) is 29.6 Å². The molecular weight excluding hydrogens is 324 g/mol. The molecule has 24 heavy (non-hydrogen) atoms. The van der Waals surface area contributed by atoms with Gasteiger partial charge in [-0.1, -0.05) is 0 Å². The molecule has 0 saturated heterocycles. The number of anilines is 1. The Kier molecular flexibility index (Phi) is 4.77. The smallest absolute Gasteiger partial charge is 0.194 e. The lowest BCUT2D eigenvalue weighted by Gasteiger charge is -2.14. The van der Waals surface area contributed by atoms with Crippen molar-refractivity contribution in [3.63, 3.8) is 0 Å². The second-order valence-corrected chi connectivity index (χ2v) is 6.58. The third-order valence-electron chi connectivity index (χ3n) is 3.66. The van der Waals surface area contributed by atoms with Crippen molar-refractivity contribution in [3.8, 4) is 0 Å². The summed E-state index contributed by atoms with van der Waals surface area (Å²) in [6.07, 6.45) is 7.24. The van der Waals surface area contributed by atoms with Crippen LogP contribution >= 0.6 is 11.3 Å². The van der Waals surface area contributed by atoms with Crippen molar-refractivity contribution in [1.82, 2.24) is 20.7 Å². The third-order valence-corrected chi connectivity index (χ3v) is 4.79. The molecule has 7 nitrogen and oxygen atoms in total. The lowest BCUT2D eigenvalue weighted by atomic mass is 10.2. The van der Waals surface area contributed by atoms with Crippen molar-refractivity contribution in [2.75, 3.05) is 39.1 Å². The molecule has 2 aromatic heterocycles. The number of hydrogen-bond acceptors (Lipinski definition) is 8. The number of nitrogens with one attached hydrogen (secondary N) is 2. The van der Waals surface area contributed by atoms with Crippen LogP contribution in [-0.4, -0.2) is 56.2 Å². The van der Waals surface area contributed by atoms with Crippen molar-refractivity contribution in [1.29, 1.82) is 0 Å². The van der Waals surface area contributed by atoms with Gasteiger partial charge in [-0.25, -0.2) is 15.4 Å². The highest BCUT2D eigenvalue weighted by Gasteiger charge is 2.24. The van der Waals surface area contributed by atoms with Crippen molar-refractivity contribution < 1.29 is 4.79 Å². The highest BCUT2D eigenvalue weighted by Crippen LogP contribution is 2.42. The summed E-state index contributed by atoms with van der Waals surface area (Å²) in [5.41, 5.74) is 7.44. The minimum atomic E-state index is 0.0742. The number of Topliss-reactive ketones (excluding diaryl/α,β-unsaturated/α-hetero) is 1. The van der Waals surface area contributed by atoms with E-state index in [4.69, 9.17) is 0 Å². The van der Waals surface area contributed by atoms with Gasteiger partial charge in [0.15, 0.2) is 5.78 Å². The van der Waals surface area contributed by atoms with Gasteiger partial charge in [-0.05, 0) is 12.1 Å². The third kappa shape index (κ3) is 3.10. The second kappa shape index (κ2) is 6.98. The molecule has 0 bridgehead atoms. The Morgan fingerprint density at radius 3 is 3.04 bits per heavy atom. The Morgan fingerprint density at radius 2 is 2.29 bits per heavy atom. The van der Waals surface area contributed by atoms with Crippen LogP contribution in [0.1, 0.15) is 9.67 Å². The van der Waals surface area contributed by atoms with Crippen LogP contribution in [0, 0.1) is 0 Å². The van der Waals surface area contributed by atoms with Gasteiger partial charge < -0.3 is 15.2 Å². The van der Waals surface area contributed by atoms with Gasteiger partial charge in [-0.2, -0.15) is 0 Å². The second-order valence-electron chi connectivity index (χ2n) is 5.58. The zero-order valence-electron chi connectivity index (χ0n) is 13.9. The molecule has 0 spiro atoms. The van der Waals surface area contributed by atoms with E-state index in [-0.39, 0.29) is 5.78 Å². The highest BCUT2D eigenvalue weighted by molar-refractivity contribution is 7.21. The number of rotatable bonds is 5. The van der Waals surface area contributed by atoms with Crippen molar-refractivity contribution in [2.45, 2.75) is 0 Å². The zero-order chi connectivity index (χ0) is 17.1. The molecule has 0 aliphatic carbocycles. The summed E-state index contributed by atoms with van der Waals surface area (Å²) >= 11 is 1.42. The fourth-order valence-corrected chi connectivity index (χ4v) is 3.59. The van der Waals surface area contributed by atoms with Crippen LogP contribution in [0.3, 0.4) is 0 Å². The largest absolute Gasteiger partial charge is 0.377 e. The maximum atomic E-state index is 12.7. The highest BCUT2D eigenvalue weighted by atomic mass is 32.1. The normalized spacial score (nSPS) is 14.3. The van der Waals surface area contributed by atoms with E-state index in [0.29, 0.717) is 18.0 Å². The topological polar surface area (TPSA) is 72.9 Å². The van der Waals surface area contributed by atoms with Gasteiger partial charge in [0, 0.05) is 40.1 Å². The fourth-order valence-electron chi connectivity index (χ4n) is 2.55. The van der Waals surface area contributed by atoms with Crippen LogP contribution < -0.4 is 15.8 Å². The molecule has 3 rings (SSSR count). The molecule has 126 valence electrons. The molecule has 8 heteroatoms. The SMILES string of the molecule is CNN/C=C\CN1C=Nc2c(sc3nccc(N(C)C)c23)C(=O)C1. The average molecular weight is 344 g/mol. The number of thiophene rings is 1.